The van der Waals surface area contributed by atoms with E-state index in [2.05, 4.69) is 0 Å². The van der Waals surface area contributed by atoms with Crippen LogP contribution >= 0.6 is 0 Å². The molecule has 0 heterocycles. The van der Waals surface area contributed by atoms with Gasteiger partial charge in [-0.05, 0) is 25.0 Å². The van der Waals surface area contributed by atoms with Crippen molar-refractivity contribution in [2.75, 3.05) is 13.2 Å². The van der Waals surface area contributed by atoms with Crippen molar-refractivity contribution in [3.05, 3.63) is 23.3 Å². The van der Waals surface area contributed by atoms with E-state index < -0.39 is 0 Å². The van der Waals surface area contributed by atoms with Crippen LogP contribution in [-0.4, -0.2) is 23.4 Å². The van der Waals surface area contributed by atoms with Gasteiger partial charge in [-0.25, -0.2) is 0 Å². The molecule has 3 heteroatoms. The van der Waals surface area contributed by atoms with Crippen molar-refractivity contribution in [2.24, 2.45) is 0 Å². The lowest BCUT2D eigenvalue weighted by Crippen LogP contribution is -2.03. The van der Waals surface area contributed by atoms with Gasteiger partial charge in [0.25, 0.3) is 0 Å². The average Bonchev–Trinajstić information content (AvgIpc) is 2.12. The minimum atomic E-state index is -0.0488. The third kappa shape index (κ3) is 2.12. The van der Waals surface area contributed by atoms with Gasteiger partial charge in [0.05, 0.1) is 6.61 Å². The molecule has 0 unspecified atom stereocenters. The molecule has 13 heavy (non-hydrogen) atoms. The van der Waals surface area contributed by atoms with Gasteiger partial charge in [-0.3, -0.25) is 0 Å². The molecule has 2 N–H and O–H groups in total. The van der Waals surface area contributed by atoms with E-state index in [1.807, 2.05) is 19.1 Å². The van der Waals surface area contributed by atoms with Crippen molar-refractivity contribution in [2.45, 2.75) is 13.8 Å². The maximum atomic E-state index is 9.60. The molecule has 0 saturated heterocycles. The Morgan fingerprint density at radius 1 is 1.23 bits per heavy atom. The van der Waals surface area contributed by atoms with Crippen molar-refractivity contribution in [3.63, 3.8) is 0 Å². The summed E-state index contributed by atoms with van der Waals surface area (Å²) in [5.74, 6) is 0.627. The lowest BCUT2D eigenvalue weighted by molar-refractivity contribution is 0.196. The number of aliphatic hydroxyl groups excluding tert-OH is 1. The Hall–Kier alpha value is -1.22. The number of phenolic OH excluding ortho intramolecular Hbond substituents is 1. The van der Waals surface area contributed by atoms with Crippen LogP contribution in [0.3, 0.4) is 0 Å². The normalized spacial score (nSPS) is 10.1. The molecule has 72 valence electrons. The minimum absolute atomic E-state index is 0.0488. The van der Waals surface area contributed by atoms with Crippen LogP contribution in [0.2, 0.25) is 0 Å². The van der Waals surface area contributed by atoms with Crippen molar-refractivity contribution in [1.29, 1.82) is 0 Å². The maximum absolute atomic E-state index is 9.60. The summed E-state index contributed by atoms with van der Waals surface area (Å²) >= 11 is 0. The number of benzene rings is 1. The Kier molecular flexibility index (Phi) is 3.14. The molecular weight excluding hydrogens is 168 g/mol. The SMILES string of the molecule is Cc1ccc(C)c(OCCO)c1O. The second-order valence-electron chi connectivity index (χ2n) is 2.95. The van der Waals surface area contributed by atoms with Crippen molar-refractivity contribution in [3.8, 4) is 11.5 Å². The average molecular weight is 182 g/mol. The number of ether oxygens (including phenoxy) is 1. The number of aromatic hydroxyl groups is 1. The van der Waals surface area contributed by atoms with E-state index >= 15 is 0 Å². The van der Waals surface area contributed by atoms with Crippen molar-refractivity contribution in [1.82, 2.24) is 0 Å². The second kappa shape index (κ2) is 4.14. The van der Waals surface area contributed by atoms with Crippen LogP contribution in [0.1, 0.15) is 11.1 Å². The van der Waals surface area contributed by atoms with Crippen LogP contribution < -0.4 is 4.74 Å². The van der Waals surface area contributed by atoms with Gasteiger partial charge in [0.1, 0.15) is 6.61 Å². The summed E-state index contributed by atoms with van der Waals surface area (Å²) < 4.78 is 5.20. The Morgan fingerprint density at radius 2 is 1.85 bits per heavy atom. The van der Waals surface area contributed by atoms with Crippen LogP contribution in [0.5, 0.6) is 11.5 Å². The molecule has 0 atom stereocenters. The second-order valence-corrected chi connectivity index (χ2v) is 2.95. The summed E-state index contributed by atoms with van der Waals surface area (Å²) in [6.45, 7) is 3.82. The Balaban J connectivity index is 2.96. The molecular formula is C10H14O3. The van der Waals surface area contributed by atoms with Crippen LogP contribution in [0, 0.1) is 13.8 Å². The molecule has 0 fully saturated rings. The predicted octanol–water partition coefficient (Wildman–Crippen LogP) is 1.38. The van der Waals surface area contributed by atoms with E-state index in [0.29, 0.717) is 5.75 Å². The van der Waals surface area contributed by atoms with E-state index in [9.17, 15) is 5.11 Å². The molecule has 1 aromatic carbocycles. The highest BCUT2D eigenvalue weighted by molar-refractivity contribution is 5.49. The van der Waals surface area contributed by atoms with Crippen molar-refractivity contribution >= 4 is 0 Å². The predicted molar refractivity (Wildman–Crippen MR) is 50.2 cm³/mol. The Bertz CT molecular complexity index is 294. The molecule has 1 aromatic rings. The molecule has 0 aliphatic carbocycles. The largest absolute Gasteiger partial charge is 0.504 e. The van der Waals surface area contributed by atoms with E-state index in [-0.39, 0.29) is 19.0 Å². The molecule has 0 amide bonds. The van der Waals surface area contributed by atoms with E-state index in [0.717, 1.165) is 11.1 Å². The first-order valence-corrected chi connectivity index (χ1v) is 4.19. The first kappa shape index (κ1) is 9.86. The summed E-state index contributed by atoms with van der Waals surface area (Å²) in [5.41, 5.74) is 1.65. The fourth-order valence-corrected chi connectivity index (χ4v) is 1.10. The van der Waals surface area contributed by atoms with Crippen LogP contribution in [-0.2, 0) is 0 Å². The molecule has 0 saturated carbocycles. The van der Waals surface area contributed by atoms with Crippen LogP contribution in [0.4, 0.5) is 0 Å². The first-order valence-electron chi connectivity index (χ1n) is 4.19. The molecule has 1 rings (SSSR count). The van der Waals surface area contributed by atoms with Crippen LogP contribution in [0.15, 0.2) is 12.1 Å². The summed E-state index contributed by atoms with van der Waals surface area (Å²) in [7, 11) is 0. The lowest BCUT2D eigenvalue weighted by Gasteiger charge is -2.11. The zero-order valence-corrected chi connectivity index (χ0v) is 7.87. The minimum Gasteiger partial charge on any atom is -0.504 e. The quantitative estimate of drug-likeness (QED) is 0.742. The monoisotopic (exact) mass is 182 g/mol. The summed E-state index contributed by atoms with van der Waals surface area (Å²) in [4.78, 5) is 0. The molecule has 0 bridgehead atoms. The number of hydrogen-bond acceptors (Lipinski definition) is 3. The summed E-state index contributed by atoms with van der Waals surface area (Å²) in [6.07, 6.45) is 0. The van der Waals surface area contributed by atoms with Gasteiger partial charge in [-0.15, -0.1) is 0 Å². The van der Waals surface area contributed by atoms with Gasteiger partial charge in [0.2, 0.25) is 0 Å². The summed E-state index contributed by atoms with van der Waals surface area (Å²) in [6, 6.07) is 3.71. The fraction of sp³-hybridized carbons (Fsp3) is 0.400. The molecule has 0 aromatic heterocycles. The number of aliphatic hydroxyl groups is 1. The molecule has 0 aliphatic rings. The molecule has 3 nitrogen and oxygen atoms in total. The van der Waals surface area contributed by atoms with Gasteiger partial charge >= 0.3 is 0 Å². The molecule has 0 spiro atoms. The third-order valence-corrected chi connectivity index (χ3v) is 1.87. The lowest BCUT2D eigenvalue weighted by atomic mass is 10.1. The van der Waals surface area contributed by atoms with Crippen molar-refractivity contribution < 1.29 is 14.9 Å². The number of phenols is 1. The zero-order valence-electron chi connectivity index (χ0n) is 7.87. The van der Waals surface area contributed by atoms with Gasteiger partial charge in [0, 0.05) is 0 Å². The number of rotatable bonds is 3. The third-order valence-electron chi connectivity index (χ3n) is 1.87. The zero-order chi connectivity index (χ0) is 9.84. The highest BCUT2D eigenvalue weighted by atomic mass is 16.5. The molecule has 0 radical (unpaired) electrons. The van der Waals surface area contributed by atoms with E-state index in [4.69, 9.17) is 9.84 Å². The molecule has 0 aliphatic heterocycles. The maximum Gasteiger partial charge on any atom is 0.164 e. The van der Waals surface area contributed by atoms with Crippen LogP contribution in [0.25, 0.3) is 0 Å². The highest BCUT2D eigenvalue weighted by Gasteiger charge is 2.08. The van der Waals surface area contributed by atoms with E-state index in [1.165, 1.54) is 0 Å². The smallest absolute Gasteiger partial charge is 0.164 e. The van der Waals surface area contributed by atoms with Gasteiger partial charge < -0.3 is 14.9 Å². The number of aryl methyl sites for hydroxylation is 2. The Labute approximate surface area is 77.6 Å². The van der Waals surface area contributed by atoms with Gasteiger partial charge in [0.15, 0.2) is 11.5 Å². The fourth-order valence-electron chi connectivity index (χ4n) is 1.10. The topological polar surface area (TPSA) is 49.7 Å². The Morgan fingerprint density at radius 3 is 2.46 bits per heavy atom. The number of hydrogen-bond donors (Lipinski definition) is 2. The standard InChI is InChI=1S/C10H14O3/c1-7-3-4-8(2)10(9(7)12)13-6-5-11/h3-4,11-12H,5-6H2,1-2H3. The van der Waals surface area contributed by atoms with E-state index in [1.54, 1.807) is 6.92 Å². The summed E-state index contributed by atoms with van der Waals surface area (Å²) in [5, 5.41) is 18.2. The van der Waals surface area contributed by atoms with Gasteiger partial charge in [-0.1, -0.05) is 12.1 Å². The highest BCUT2D eigenvalue weighted by Crippen LogP contribution is 2.32. The first-order chi connectivity index (χ1) is 6.16. The van der Waals surface area contributed by atoms with Gasteiger partial charge in [-0.2, -0.15) is 0 Å².